The summed E-state index contributed by atoms with van der Waals surface area (Å²) in [7, 11) is 0. The highest BCUT2D eigenvalue weighted by Crippen LogP contribution is 2.19. The Labute approximate surface area is 72.8 Å². The molecule has 1 fully saturated rings. The largest absolute Gasteiger partial charge is 0.479 e. The molecule has 5 N–H and O–H groups in total. The summed E-state index contributed by atoms with van der Waals surface area (Å²) in [4.78, 5) is 10.4. The van der Waals surface area contributed by atoms with Gasteiger partial charge in [-0.3, -0.25) is 0 Å². The Balaban J connectivity index is 2.76. The van der Waals surface area contributed by atoms with Crippen molar-refractivity contribution in [1.29, 1.82) is 0 Å². The minimum Gasteiger partial charge on any atom is -0.479 e. The third-order valence-electron chi connectivity index (χ3n) is 1.83. The van der Waals surface area contributed by atoms with Gasteiger partial charge in [-0.1, -0.05) is 0 Å². The van der Waals surface area contributed by atoms with Crippen molar-refractivity contribution in [1.82, 2.24) is 0 Å². The van der Waals surface area contributed by atoms with E-state index in [1.807, 2.05) is 0 Å². The molecule has 0 spiro atoms. The second-order valence-corrected chi connectivity index (χ2v) is 2.76. The van der Waals surface area contributed by atoms with Crippen LogP contribution in [0.5, 0.6) is 0 Å². The van der Waals surface area contributed by atoms with Gasteiger partial charge in [-0.2, -0.15) is 0 Å². The number of carboxylic acid groups (broad SMARTS) is 1. The number of hydrogen-bond acceptors (Lipinski definition) is 6. The molecule has 0 radical (unpaired) electrons. The monoisotopic (exact) mass is 194 g/mol. The first-order valence-electron chi connectivity index (χ1n) is 3.55. The standard InChI is InChI=1S/C6H10O7/c7-1-2(8)4(5(10)11)13-6(12)3(1)9/h1-4,6-9,12H,(H,10,11)/t1-,2?,3?,4?,6+/m0/s1. The van der Waals surface area contributed by atoms with Gasteiger partial charge in [0.2, 0.25) is 0 Å². The fourth-order valence-corrected chi connectivity index (χ4v) is 1.07. The van der Waals surface area contributed by atoms with E-state index in [0.717, 1.165) is 0 Å². The normalized spacial score (nSPS) is 46.0. The van der Waals surface area contributed by atoms with E-state index in [9.17, 15) is 4.79 Å². The number of ether oxygens (including phenoxy) is 1. The topological polar surface area (TPSA) is 127 Å². The summed E-state index contributed by atoms with van der Waals surface area (Å²) in [6, 6.07) is 0. The lowest BCUT2D eigenvalue weighted by Crippen LogP contribution is -2.59. The summed E-state index contributed by atoms with van der Waals surface area (Å²) in [6.45, 7) is 0. The molecule has 0 bridgehead atoms. The van der Waals surface area contributed by atoms with Crippen LogP contribution in [0.15, 0.2) is 0 Å². The summed E-state index contributed by atoms with van der Waals surface area (Å²) in [5.41, 5.74) is 0. The highest BCUT2D eigenvalue weighted by molar-refractivity contribution is 5.73. The Hall–Kier alpha value is -0.730. The minimum absolute atomic E-state index is 1.52. The first kappa shape index (κ1) is 10.4. The zero-order valence-electron chi connectivity index (χ0n) is 6.44. The van der Waals surface area contributed by atoms with E-state index in [1.165, 1.54) is 0 Å². The number of hydrogen-bond donors (Lipinski definition) is 5. The van der Waals surface area contributed by atoms with Crippen molar-refractivity contribution in [3.63, 3.8) is 0 Å². The summed E-state index contributed by atoms with van der Waals surface area (Å²) in [5, 5.41) is 44.4. The van der Waals surface area contributed by atoms with Crippen LogP contribution in [-0.4, -0.2) is 62.2 Å². The van der Waals surface area contributed by atoms with Gasteiger partial charge >= 0.3 is 5.97 Å². The van der Waals surface area contributed by atoms with Crippen LogP contribution in [-0.2, 0) is 9.53 Å². The molecule has 3 unspecified atom stereocenters. The van der Waals surface area contributed by atoms with Crippen LogP contribution in [0.2, 0.25) is 0 Å². The maximum Gasteiger partial charge on any atom is 0.335 e. The molecule has 1 aliphatic heterocycles. The fourth-order valence-electron chi connectivity index (χ4n) is 1.07. The van der Waals surface area contributed by atoms with E-state index in [-0.39, 0.29) is 0 Å². The molecule has 0 aromatic heterocycles. The fraction of sp³-hybridized carbons (Fsp3) is 0.833. The summed E-state index contributed by atoms with van der Waals surface area (Å²) in [5.74, 6) is -1.52. The van der Waals surface area contributed by atoms with Crippen molar-refractivity contribution in [3.8, 4) is 0 Å². The third-order valence-corrected chi connectivity index (χ3v) is 1.83. The van der Waals surface area contributed by atoms with E-state index >= 15 is 0 Å². The Kier molecular flexibility index (Phi) is 2.84. The van der Waals surface area contributed by atoms with E-state index in [4.69, 9.17) is 25.5 Å². The molecule has 0 saturated carbocycles. The van der Waals surface area contributed by atoms with E-state index in [2.05, 4.69) is 4.74 Å². The predicted molar refractivity (Wildman–Crippen MR) is 36.5 cm³/mol. The molecule has 1 aliphatic rings. The van der Waals surface area contributed by atoms with Gasteiger partial charge < -0.3 is 30.3 Å². The van der Waals surface area contributed by atoms with Crippen LogP contribution in [0, 0.1) is 0 Å². The number of carboxylic acids is 1. The Bertz CT molecular complexity index is 205. The van der Waals surface area contributed by atoms with Crippen molar-refractivity contribution in [2.45, 2.75) is 30.7 Å². The molecule has 1 saturated heterocycles. The van der Waals surface area contributed by atoms with E-state index in [0.29, 0.717) is 0 Å². The maximum atomic E-state index is 10.4. The average molecular weight is 194 g/mol. The summed E-state index contributed by atoms with van der Waals surface area (Å²) >= 11 is 0. The third kappa shape index (κ3) is 1.79. The van der Waals surface area contributed by atoms with Crippen LogP contribution in [0.3, 0.4) is 0 Å². The summed E-state index contributed by atoms with van der Waals surface area (Å²) < 4.78 is 4.34. The first-order valence-corrected chi connectivity index (χ1v) is 3.55. The highest BCUT2D eigenvalue weighted by Gasteiger charge is 2.46. The van der Waals surface area contributed by atoms with Crippen molar-refractivity contribution >= 4 is 5.97 Å². The molecule has 0 amide bonds. The van der Waals surface area contributed by atoms with Crippen molar-refractivity contribution in [3.05, 3.63) is 0 Å². The molecule has 0 aromatic rings. The Morgan fingerprint density at radius 2 is 1.54 bits per heavy atom. The molecule has 0 aromatic carbocycles. The number of aliphatic carboxylic acids is 1. The number of carbonyl (C=O) groups is 1. The number of aliphatic hydroxyl groups is 4. The van der Waals surface area contributed by atoms with Gasteiger partial charge in [0, 0.05) is 0 Å². The van der Waals surface area contributed by atoms with Gasteiger partial charge in [-0.05, 0) is 0 Å². The van der Waals surface area contributed by atoms with Crippen LogP contribution in [0.1, 0.15) is 0 Å². The maximum absolute atomic E-state index is 10.4. The molecule has 1 rings (SSSR count). The summed E-state index contributed by atoms with van der Waals surface area (Å²) in [6.07, 6.45) is -8.72. The highest BCUT2D eigenvalue weighted by atomic mass is 16.6. The van der Waals surface area contributed by atoms with Crippen molar-refractivity contribution in [2.75, 3.05) is 0 Å². The van der Waals surface area contributed by atoms with Gasteiger partial charge in [0.25, 0.3) is 0 Å². The van der Waals surface area contributed by atoms with Crippen LogP contribution < -0.4 is 0 Å². The zero-order valence-corrected chi connectivity index (χ0v) is 6.44. The van der Waals surface area contributed by atoms with Gasteiger partial charge in [0.15, 0.2) is 12.4 Å². The second-order valence-electron chi connectivity index (χ2n) is 2.76. The lowest BCUT2D eigenvalue weighted by Gasteiger charge is -2.36. The van der Waals surface area contributed by atoms with E-state index < -0.39 is 36.7 Å². The molecular weight excluding hydrogens is 184 g/mol. The Morgan fingerprint density at radius 1 is 1.00 bits per heavy atom. The molecule has 7 nitrogen and oxygen atoms in total. The number of rotatable bonds is 1. The van der Waals surface area contributed by atoms with Crippen molar-refractivity contribution in [2.24, 2.45) is 0 Å². The first-order chi connectivity index (χ1) is 5.95. The molecule has 1 heterocycles. The van der Waals surface area contributed by atoms with Gasteiger partial charge in [0.05, 0.1) is 0 Å². The van der Waals surface area contributed by atoms with Crippen LogP contribution in [0.4, 0.5) is 0 Å². The number of aliphatic hydroxyl groups excluding tert-OH is 4. The van der Waals surface area contributed by atoms with Crippen LogP contribution in [0.25, 0.3) is 0 Å². The molecule has 0 aliphatic carbocycles. The predicted octanol–water partition coefficient (Wildman–Crippen LogP) is -3.13. The molecule has 13 heavy (non-hydrogen) atoms. The smallest absolute Gasteiger partial charge is 0.335 e. The average Bonchev–Trinajstić information content (AvgIpc) is 2.07. The van der Waals surface area contributed by atoms with Gasteiger partial charge in [-0.15, -0.1) is 0 Å². The minimum atomic E-state index is -1.81. The van der Waals surface area contributed by atoms with Gasteiger partial charge in [-0.25, -0.2) is 4.79 Å². The quantitative estimate of drug-likeness (QED) is 0.298. The van der Waals surface area contributed by atoms with Gasteiger partial charge in [0.1, 0.15) is 18.3 Å². The lowest BCUT2D eigenvalue weighted by atomic mass is 9.99. The SMILES string of the molecule is O=C(O)C1O[C@@H](O)C(O)[C@@H](O)C1O. The van der Waals surface area contributed by atoms with Crippen molar-refractivity contribution < 1.29 is 35.1 Å². The molecule has 76 valence electrons. The second kappa shape index (κ2) is 3.56. The van der Waals surface area contributed by atoms with Crippen LogP contribution >= 0.6 is 0 Å². The zero-order chi connectivity index (χ0) is 10.2. The molecule has 5 atom stereocenters. The lowest BCUT2D eigenvalue weighted by molar-refractivity contribution is -0.279. The Morgan fingerprint density at radius 3 is 2.00 bits per heavy atom. The molecule has 7 heteroatoms. The van der Waals surface area contributed by atoms with E-state index in [1.54, 1.807) is 0 Å². The molecular formula is C6H10O7.